The Morgan fingerprint density at radius 3 is 2.74 bits per heavy atom. The molecule has 1 saturated carbocycles. The number of benzene rings is 1. The van der Waals surface area contributed by atoms with E-state index in [9.17, 15) is 9.18 Å². The summed E-state index contributed by atoms with van der Waals surface area (Å²) in [7, 11) is 0. The third-order valence-electron chi connectivity index (χ3n) is 9.37. The van der Waals surface area contributed by atoms with Crippen molar-refractivity contribution in [3.05, 3.63) is 60.1 Å². The number of urea groups is 1. The number of rotatable bonds is 5. The van der Waals surface area contributed by atoms with Gasteiger partial charge >= 0.3 is 6.03 Å². The first-order valence-corrected chi connectivity index (χ1v) is 14.9. The zero-order valence-corrected chi connectivity index (χ0v) is 23.6. The Kier molecular flexibility index (Phi) is 7.13. The molecule has 2 aliphatic heterocycles. The number of halogens is 1. The molecule has 0 bridgehead atoms. The first-order chi connectivity index (χ1) is 18.8. The Hall–Kier alpha value is -2.93. The number of nitrogens with one attached hydrogen (secondary N) is 1. The molecule has 0 radical (unpaired) electrons. The van der Waals surface area contributed by atoms with Crippen molar-refractivity contribution in [1.29, 1.82) is 0 Å². The van der Waals surface area contributed by atoms with Crippen LogP contribution in [0.3, 0.4) is 0 Å². The zero-order chi connectivity index (χ0) is 27.1. The highest BCUT2D eigenvalue weighted by atomic mass is 19.1. The average Bonchev–Trinajstić information content (AvgIpc) is 3.45. The van der Waals surface area contributed by atoms with E-state index in [0.29, 0.717) is 12.5 Å². The number of carbonyl (C=O) groups is 1. The van der Waals surface area contributed by atoms with Gasteiger partial charge in [0.25, 0.3) is 0 Å². The van der Waals surface area contributed by atoms with Crippen LogP contribution in [0, 0.1) is 0 Å². The number of amidine groups is 1. The molecule has 6 nitrogen and oxygen atoms in total. The van der Waals surface area contributed by atoms with E-state index >= 15 is 0 Å². The number of aromatic nitrogens is 1. The van der Waals surface area contributed by atoms with Crippen LogP contribution in [0.1, 0.15) is 83.7 Å². The second kappa shape index (κ2) is 10.6. The summed E-state index contributed by atoms with van der Waals surface area (Å²) in [6, 6.07) is 9.50. The maximum absolute atomic E-state index is 14.4. The molecule has 6 rings (SSSR count). The largest absolute Gasteiger partial charge is 0.345 e. The Labute approximate surface area is 231 Å². The van der Waals surface area contributed by atoms with E-state index in [2.05, 4.69) is 66.0 Å². The van der Waals surface area contributed by atoms with Gasteiger partial charge in [-0.1, -0.05) is 37.5 Å². The summed E-state index contributed by atoms with van der Waals surface area (Å²) in [5, 5.41) is 4.46. The molecule has 4 aliphatic rings. The number of hydrogen-bond donors (Lipinski definition) is 1. The van der Waals surface area contributed by atoms with E-state index in [4.69, 9.17) is 4.99 Å². The highest BCUT2D eigenvalue weighted by Gasteiger charge is 2.55. The number of nitrogens with zero attached hydrogens (tertiary/aromatic N) is 4. The third-order valence-corrected chi connectivity index (χ3v) is 9.37. The quantitative estimate of drug-likeness (QED) is 0.457. The normalized spacial score (nSPS) is 29.7. The van der Waals surface area contributed by atoms with Crippen molar-refractivity contribution in [1.82, 2.24) is 19.7 Å². The molecule has 3 unspecified atom stereocenters. The van der Waals surface area contributed by atoms with Gasteiger partial charge in [0.05, 0.1) is 12.1 Å². The Balaban J connectivity index is 1.28. The molecule has 2 aromatic rings. The van der Waals surface area contributed by atoms with Gasteiger partial charge in [-0.25, -0.2) is 9.18 Å². The molecule has 7 heteroatoms. The fourth-order valence-corrected chi connectivity index (χ4v) is 7.32. The average molecular weight is 532 g/mol. The van der Waals surface area contributed by atoms with Crippen LogP contribution in [0.15, 0.2) is 59.5 Å². The van der Waals surface area contributed by atoms with Crippen LogP contribution < -0.4 is 5.32 Å². The van der Waals surface area contributed by atoms with Gasteiger partial charge in [0.15, 0.2) is 0 Å². The highest BCUT2D eigenvalue weighted by molar-refractivity contribution is 6.10. The molecule has 39 heavy (non-hydrogen) atoms. The van der Waals surface area contributed by atoms with Gasteiger partial charge in [-0.15, -0.1) is 0 Å². The van der Waals surface area contributed by atoms with Gasteiger partial charge in [0.1, 0.15) is 17.2 Å². The van der Waals surface area contributed by atoms with Crippen LogP contribution in [0.5, 0.6) is 0 Å². The van der Waals surface area contributed by atoms with E-state index in [-0.39, 0.29) is 30.0 Å². The summed E-state index contributed by atoms with van der Waals surface area (Å²) in [6.07, 6.45) is 15.2. The maximum Gasteiger partial charge on any atom is 0.324 e. The lowest BCUT2D eigenvalue weighted by Crippen LogP contribution is -2.61. The molecule has 2 amide bonds. The molecule has 3 atom stereocenters. The van der Waals surface area contributed by atoms with Gasteiger partial charge in [-0.3, -0.25) is 15.2 Å². The second-order valence-corrected chi connectivity index (χ2v) is 12.3. The SMILES string of the molecule is CC1CC2(CCN1Cc1ccc3ccn(C(C)C)c3c1)C(=NC1CCCCC1)NC(=O)N2C1C=C(F)C=CC1. The molecule has 1 spiro atoms. The van der Waals surface area contributed by atoms with E-state index in [1.54, 1.807) is 6.08 Å². The molecular formula is C32H42FN5O. The summed E-state index contributed by atoms with van der Waals surface area (Å²) >= 11 is 0. The minimum Gasteiger partial charge on any atom is -0.345 e. The van der Waals surface area contributed by atoms with Crippen LogP contribution in [0.25, 0.3) is 10.9 Å². The third kappa shape index (κ3) is 4.94. The van der Waals surface area contributed by atoms with Gasteiger partial charge in [0.2, 0.25) is 0 Å². The summed E-state index contributed by atoms with van der Waals surface area (Å²) in [6.45, 7) is 8.43. The first kappa shape index (κ1) is 26.3. The van der Waals surface area contributed by atoms with Gasteiger partial charge in [-0.05, 0) is 88.1 Å². The number of likely N-dealkylation sites (tertiary alicyclic amines) is 1. The van der Waals surface area contributed by atoms with E-state index in [1.807, 2.05) is 11.0 Å². The molecule has 208 valence electrons. The number of allylic oxidation sites excluding steroid dienone is 2. The lowest BCUT2D eigenvalue weighted by Gasteiger charge is -2.49. The van der Waals surface area contributed by atoms with Crippen LogP contribution in [-0.2, 0) is 6.54 Å². The topological polar surface area (TPSA) is 52.9 Å². The Morgan fingerprint density at radius 1 is 1.18 bits per heavy atom. The van der Waals surface area contributed by atoms with E-state index in [0.717, 1.165) is 44.6 Å². The first-order valence-electron chi connectivity index (χ1n) is 14.9. The predicted molar refractivity (Wildman–Crippen MR) is 156 cm³/mol. The standard InChI is InChI=1S/C32H42FN5O/c1-22(2)37-16-14-25-13-12-24(18-29(25)37)21-36-17-15-32(20-23(36)3)30(34-27-9-5-4-6-10-27)35-31(39)38(32)28-11-7-8-26(33)19-28/h7-8,12-14,16,18-19,22-23,27-28H,4-6,9-11,15,17,20-21H2,1-3H3,(H,34,35,39). The fourth-order valence-electron chi connectivity index (χ4n) is 7.32. The van der Waals surface area contributed by atoms with Crippen LogP contribution in [0.2, 0.25) is 0 Å². The predicted octanol–water partition coefficient (Wildman–Crippen LogP) is 6.88. The highest BCUT2D eigenvalue weighted by Crippen LogP contribution is 2.41. The minimum absolute atomic E-state index is 0.130. The van der Waals surface area contributed by atoms with Crippen molar-refractivity contribution < 1.29 is 9.18 Å². The minimum atomic E-state index is -0.520. The fraction of sp³-hybridized carbons (Fsp3) is 0.562. The molecule has 2 saturated heterocycles. The molecule has 3 fully saturated rings. The molecule has 1 N–H and O–H groups in total. The van der Waals surface area contributed by atoms with Crippen molar-refractivity contribution in [2.24, 2.45) is 4.99 Å². The molecular weight excluding hydrogens is 489 g/mol. The lowest BCUT2D eigenvalue weighted by molar-refractivity contribution is 0.0520. The summed E-state index contributed by atoms with van der Waals surface area (Å²) in [4.78, 5) is 23.2. The Bertz CT molecular complexity index is 1320. The number of carbonyl (C=O) groups excluding carboxylic acids is 1. The monoisotopic (exact) mass is 531 g/mol. The van der Waals surface area contributed by atoms with Crippen LogP contribution in [-0.4, -0.2) is 56.4 Å². The maximum atomic E-state index is 14.4. The van der Waals surface area contributed by atoms with Crippen molar-refractivity contribution in [3.8, 4) is 0 Å². The number of aliphatic imine (C=N–C) groups is 1. The molecule has 3 heterocycles. The van der Waals surface area contributed by atoms with Gasteiger partial charge in [0, 0.05) is 36.9 Å². The van der Waals surface area contributed by atoms with Gasteiger partial charge in [-0.2, -0.15) is 0 Å². The summed E-state index contributed by atoms with van der Waals surface area (Å²) < 4.78 is 16.7. The van der Waals surface area contributed by atoms with E-state index < -0.39 is 5.54 Å². The number of piperidine rings is 1. The molecule has 2 aliphatic carbocycles. The van der Waals surface area contributed by atoms with Crippen LogP contribution >= 0.6 is 0 Å². The molecule has 1 aromatic carbocycles. The van der Waals surface area contributed by atoms with E-state index in [1.165, 1.54) is 41.8 Å². The number of hydrogen-bond acceptors (Lipinski definition) is 3. The number of fused-ring (bicyclic) bond motifs is 1. The Morgan fingerprint density at radius 2 is 2.00 bits per heavy atom. The zero-order valence-electron chi connectivity index (χ0n) is 23.6. The van der Waals surface area contributed by atoms with Gasteiger partial charge < -0.3 is 9.47 Å². The van der Waals surface area contributed by atoms with Crippen LogP contribution in [0.4, 0.5) is 9.18 Å². The van der Waals surface area contributed by atoms with Crippen molar-refractivity contribution in [2.75, 3.05) is 6.54 Å². The van der Waals surface area contributed by atoms with Crippen molar-refractivity contribution in [2.45, 2.75) is 108 Å². The molecule has 1 aromatic heterocycles. The number of amides is 2. The van der Waals surface area contributed by atoms with Crippen molar-refractivity contribution in [3.63, 3.8) is 0 Å². The summed E-state index contributed by atoms with van der Waals surface area (Å²) in [5.41, 5.74) is 2.07. The van der Waals surface area contributed by atoms with Crippen molar-refractivity contribution >= 4 is 22.8 Å². The second-order valence-electron chi connectivity index (χ2n) is 12.3. The summed E-state index contributed by atoms with van der Waals surface area (Å²) in [5.74, 6) is 0.560. The smallest absolute Gasteiger partial charge is 0.324 e. The lowest BCUT2D eigenvalue weighted by atomic mass is 9.80.